The van der Waals surface area contributed by atoms with Gasteiger partial charge in [-0.2, -0.15) is 26.3 Å². The number of alkyl halides is 6. The van der Waals surface area contributed by atoms with Crippen molar-refractivity contribution in [3.8, 4) is 11.1 Å². The van der Waals surface area contributed by atoms with Crippen molar-refractivity contribution in [2.24, 2.45) is 0 Å². The van der Waals surface area contributed by atoms with Gasteiger partial charge in [-0.15, -0.1) is 11.3 Å². The van der Waals surface area contributed by atoms with Crippen LogP contribution in [0.2, 0.25) is 0 Å². The van der Waals surface area contributed by atoms with Crippen molar-refractivity contribution in [2.75, 3.05) is 11.9 Å². The van der Waals surface area contributed by atoms with Crippen LogP contribution in [-0.4, -0.2) is 49.9 Å². The molecule has 0 spiro atoms. The van der Waals surface area contributed by atoms with Crippen LogP contribution in [0.15, 0.2) is 58.8 Å². The van der Waals surface area contributed by atoms with Gasteiger partial charge in [0.15, 0.2) is 6.10 Å². The van der Waals surface area contributed by atoms with Crippen LogP contribution in [0.3, 0.4) is 0 Å². The number of aliphatic hydroxyl groups is 1. The zero-order chi connectivity index (χ0) is 31.0. The zero-order valence-electron chi connectivity index (χ0n) is 20.6. The number of carboxylic acid groups (broad SMARTS) is 1. The lowest BCUT2D eigenvalue weighted by atomic mass is 10.0. The first-order chi connectivity index (χ1) is 19.5. The Morgan fingerprint density at radius 2 is 1.57 bits per heavy atom. The highest BCUT2D eigenvalue weighted by Crippen LogP contribution is 2.40. The first kappa shape index (κ1) is 31.2. The number of thiophene rings is 1. The Labute approximate surface area is 246 Å². The summed E-state index contributed by atoms with van der Waals surface area (Å²) in [6.45, 7) is -0.513. The standard InChI is InChI=1S/C26H16F6N2O5S3/c27-25(28,29)15-5-13(6-16(8-15)26(30,31)32)14-7-18(41-11-14)9-20-22(37)34(24(40)42-20)10-19(35)21(36)33-17-3-1-12(2-4-17)23(38)39/h1-9,11,19,35H,10H2,(H,33,36)(H,38,39). The molecular formula is C26H16F6N2O5S3. The van der Waals surface area contributed by atoms with Crippen LogP contribution in [0.5, 0.6) is 0 Å². The number of β-amino-alcohol motifs (C(OH)–C–C–N with tert-alkyl or cyclic N) is 1. The van der Waals surface area contributed by atoms with Crippen molar-refractivity contribution < 1.29 is 50.9 Å². The van der Waals surface area contributed by atoms with E-state index in [0.717, 1.165) is 28.0 Å². The minimum absolute atomic E-state index is 0.00777. The van der Waals surface area contributed by atoms with Gasteiger partial charge in [0.1, 0.15) is 4.32 Å². The summed E-state index contributed by atoms with van der Waals surface area (Å²) < 4.78 is 79.5. The van der Waals surface area contributed by atoms with E-state index >= 15 is 0 Å². The van der Waals surface area contributed by atoms with Gasteiger partial charge in [-0.3, -0.25) is 14.5 Å². The molecule has 1 aliphatic heterocycles. The number of thiocarbonyl (C=S) groups is 1. The van der Waals surface area contributed by atoms with Gasteiger partial charge in [-0.1, -0.05) is 24.0 Å². The van der Waals surface area contributed by atoms with Crippen molar-refractivity contribution >= 4 is 69.2 Å². The van der Waals surface area contributed by atoms with Gasteiger partial charge in [0.2, 0.25) is 0 Å². The molecule has 1 fully saturated rings. The number of hydrogen-bond acceptors (Lipinski definition) is 7. The Hall–Kier alpha value is -3.73. The normalized spacial score (nSPS) is 15.8. The molecular weight excluding hydrogens is 630 g/mol. The Morgan fingerprint density at radius 3 is 2.12 bits per heavy atom. The Kier molecular flexibility index (Phi) is 8.82. The lowest BCUT2D eigenvalue weighted by molar-refractivity contribution is -0.143. The predicted molar refractivity (Wildman–Crippen MR) is 148 cm³/mol. The number of amides is 2. The third kappa shape index (κ3) is 7.18. The average molecular weight is 647 g/mol. The van der Waals surface area contributed by atoms with E-state index in [2.05, 4.69) is 5.32 Å². The number of aliphatic hydroxyl groups excluding tert-OH is 1. The maximum atomic E-state index is 13.2. The fourth-order valence-electron chi connectivity index (χ4n) is 3.67. The van der Waals surface area contributed by atoms with Crippen molar-refractivity contribution in [3.63, 3.8) is 0 Å². The van der Waals surface area contributed by atoms with Crippen LogP contribution in [0.4, 0.5) is 32.0 Å². The van der Waals surface area contributed by atoms with Crippen molar-refractivity contribution in [3.05, 3.63) is 80.4 Å². The summed E-state index contributed by atoms with van der Waals surface area (Å²) in [5.74, 6) is -2.73. The molecule has 3 N–H and O–H groups in total. The predicted octanol–water partition coefficient (Wildman–Crippen LogP) is 6.35. The molecule has 2 amide bonds. The summed E-state index contributed by atoms with van der Waals surface area (Å²) in [7, 11) is 0. The van der Waals surface area contributed by atoms with Gasteiger partial charge in [-0.25, -0.2) is 4.79 Å². The second kappa shape index (κ2) is 11.9. The molecule has 2 aromatic carbocycles. The molecule has 0 bridgehead atoms. The Balaban J connectivity index is 1.48. The van der Waals surface area contributed by atoms with Gasteiger partial charge in [-0.05, 0) is 71.1 Å². The van der Waals surface area contributed by atoms with Crippen molar-refractivity contribution in [1.82, 2.24) is 4.90 Å². The minimum atomic E-state index is -5.00. The number of anilines is 1. The van der Waals surface area contributed by atoms with Crippen LogP contribution in [0, 0.1) is 0 Å². The molecule has 1 saturated heterocycles. The number of thioether (sulfide) groups is 1. The van der Waals surface area contributed by atoms with E-state index in [1.165, 1.54) is 41.8 Å². The average Bonchev–Trinajstić information content (AvgIpc) is 3.48. The molecule has 1 aliphatic rings. The molecule has 4 rings (SSSR count). The molecule has 2 heterocycles. The summed E-state index contributed by atoms with van der Waals surface area (Å²) >= 11 is 6.99. The lowest BCUT2D eigenvalue weighted by Gasteiger charge is -2.18. The van der Waals surface area contributed by atoms with Crippen LogP contribution < -0.4 is 5.32 Å². The number of nitrogens with zero attached hydrogens (tertiary/aromatic N) is 1. The molecule has 42 heavy (non-hydrogen) atoms. The molecule has 1 unspecified atom stereocenters. The molecule has 220 valence electrons. The Bertz CT molecular complexity index is 1570. The summed E-state index contributed by atoms with van der Waals surface area (Å²) in [5, 5.41) is 23.0. The van der Waals surface area contributed by atoms with Crippen molar-refractivity contribution in [2.45, 2.75) is 18.5 Å². The minimum Gasteiger partial charge on any atom is -0.478 e. The summed E-state index contributed by atoms with van der Waals surface area (Å²) in [5.41, 5.74) is -2.97. The molecule has 7 nitrogen and oxygen atoms in total. The summed E-state index contributed by atoms with van der Waals surface area (Å²) in [6, 6.07) is 7.69. The van der Waals surface area contributed by atoms with Crippen LogP contribution >= 0.6 is 35.3 Å². The van der Waals surface area contributed by atoms with E-state index in [-0.39, 0.29) is 37.7 Å². The third-order valence-electron chi connectivity index (χ3n) is 5.75. The molecule has 0 aliphatic carbocycles. The quantitative estimate of drug-likeness (QED) is 0.156. The number of carboxylic acids is 1. The fraction of sp³-hybridized carbons (Fsp3) is 0.154. The van der Waals surface area contributed by atoms with Crippen molar-refractivity contribution in [1.29, 1.82) is 0 Å². The fourth-order valence-corrected chi connectivity index (χ4v) is 5.85. The zero-order valence-corrected chi connectivity index (χ0v) is 23.1. The maximum Gasteiger partial charge on any atom is 0.416 e. The first-order valence-corrected chi connectivity index (χ1v) is 13.6. The largest absolute Gasteiger partial charge is 0.478 e. The van der Waals surface area contributed by atoms with E-state index in [0.29, 0.717) is 17.0 Å². The van der Waals surface area contributed by atoms with Crippen LogP contribution in [0.1, 0.15) is 26.4 Å². The van der Waals surface area contributed by atoms with E-state index < -0.39 is 53.9 Å². The van der Waals surface area contributed by atoms with Gasteiger partial charge in [0, 0.05) is 10.6 Å². The van der Waals surface area contributed by atoms with E-state index in [4.69, 9.17) is 17.3 Å². The van der Waals surface area contributed by atoms with E-state index in [9.17, 15) is 45.8 Å². The number of hydrogen-bond donors (Lipinski definition) is 3. The summed E-state index contributed by atoms with van der Waals surface area (Å²) in [4.78, 5) is 37.6. The van der Waals surface area contributed by atoms with Gasteiger partial charge >= 0.3 is 18.3 Å². The second-order valence-corrected chi connectivity index (χ2v) is 11.3. The highest BCUT2D eigenvalue weighted by Gasteiger charge is 2.37. The smallest absolute Gasteiger partial charge is 0.416 e. The number of rotatable bonds is 7. The molecule has 0 saturated carbocycles. The SMILES string of the molecule is O=C(O)c1ccc(NC(=O)C(O)CN2C(=O)C(=Cc3cc(-c4cc(C(F)(F)F)cc(C(F)(F)F)c4)cs3)SC2=S)cc1. The second-order valence-electron chi connectivity index (χ2n) is 8.71. The number of aromatic carboxylic acids is 1. The van der Waals surface area contributed by atoms with E-state index in [1.54, 1.807) is 0 Å². The monoisotopic (exact) mass is 646 g/mol. The Morgan fingerprint density at radius 1 is 0.976 bits per heavy atom. The van der Waals surface area contributed by atoms with Crippen LogP contribution in [-0.2, 0) is 21.9 Å². The number of halogens is 6. The number of carbonyl (C=O) groups excluding carboxylic acids is 2. The molecule has 1 aromatic heterocycles. The van der Waals surface area contributed by atoms with E-state index in [1.807, 2.05) is 0 Å². The highest BCUT2D eigenvalue weighted by molar-refractivity contribution is 8.26. The van der Waals surface area contributed by atoms with Gasteiger partial charge in [0.05, 0.1) is 28.1 Å². The van der Waals surface area contributed by atoms with Gasteiger partial charge in [0.25, 0.3) is 11.8 Å². The molecule has 3 aromatic rings. The van der Waals surface area contributed by atoms with Crippen LogP contribution in [0.25, 0.3) is 17.2 Å². The number of benzene rings is 2. The number of carbonyl (C=O) groups is 3. The topological polar surface area (TPSA) is 107 Å². The third-order valence-corrected chi connectivity index (χ3v) is 8.00. The highest BCUT2D eigenvalue weighted by atomic mass is 32.2. The molecule has 1 atom stereocenters. The molecule has 16 heteroatoms. The van der Waals surface area contributed by atoms with Gasteiger partial charge < -0.3 is 15.5 Å². The first-order valence-electron chi connectivity index (χ1n) is 11.5. The summed E-state index contributed by atoms with van der Waals surface area (Å²) in [6.07, 6.45) is -10.4. The maximum absolute atomic E-state index is 13.2. The lowest BCUT2D eigenvalue weighted by Crippen LogP contribution is -2.41. The number of nitrogens with one attached hydrogen (secondary N) is 1. The molecule has 0 radical (unpaired) electrons.